The van der Waals surface area contributed by atoms with Crippen molar-refractivity contribution in [1.82, 2.24) is 9.62 Å². The first-order valence-electron chi connectivity index (χ1n) is 4.85. The van der Waals surface area contributed by atoms with E-state index >= 15 is 0 Å². The highest BCUT2D eigenvalue weighted by molar-refractivity contribution is 7.89. The van der Waals surface area contributed by atoms with Crippen molar-refractivity contribution < 1.29 is 8.42 Å². The predicted octanol–water partition coefficient (Wildman–Crippen LogP) is 2.28. The molecule has 1 heterocycles. The Labute approximate surface area is 116 Å². The van der Waals surface area contributed by atoms with Crippen LogP contribution in [0.25, 0.3) is 0 Å². The summed E-state index contributed by atoms with van der Waals surface area (Å²) in [4.78, 5) is 1.96. The second-order valence-corrected chi connectivity index (χ2v) is 7.87. The van der Waals surface area contributed by atoms with Gasteiger partial charge in [-0.05, 0) is 27.1 Å². The minimum atomic E-state index is -3.58. The van der Waals surface area contributed by atoms with Gasteiger partial charge in [-0.2, -0.15) is 0 Å². The molecule has 8 heteroatoms. The molecule has 0 aliphatic heterocycles. The number of sulfonamides is 1. The van der Waals surface area contributed by atoms with E-state index in [0.29, 0.717) is 10.9 Å². The maximum atomic E-state index is 11.9. The lowest BCUT2D eigenvalue weighted by molar-refractivity contribution is 0.314. The van der Waals surface area contributed by atoms with Crippen LogP contribution in [0, 0.1) is 0 Å². The molecule has 0 unspecified atom stereocenters. The average molecular weight is 317 g/mol. The molecular weight excluding hydrogens is 303 g/mol. The number of halogens is 2. The van der Waals surface area contributed by atoms with Crippen molar-refractivity contribution >= 4 is 44.6 Å². The van der Waals surface area contributed by atoms with Gasteiger partial charge in [-0.15, -0.1) is 11.3 Å². The Bertz CT molecular complexity index is 485. The van der Waals surface area contributed by atoms with Gasteiger partial charge >= 0.3 is 0 Å². The Hall–Kier alpha value is 0.150. The topological polar surface area (TPSA) is 49.4 Å². The predicted molar refractivity (Wildman–Crippen MR) is 72.7 cm³/mol. The molecule has 0 saturated carbocycles. The maximum Gasteiger partial charge on any atom is 0.243 e. The van der Waals surface area contributed by atoms with Crippen LogP contribution in [0.15, 0.2) is 11.0 Å². The van der Waals surface area contributed by atoms with E-state index in [1.54, 1.807) is 0 Å². The normalized spacial score (nSPS) is 14.2. The van der Waals surface area contributed by atoms with Crippen molar-refractivity contribution in [3.63, 3.8) is 0 Å². The van der Waals surface area contributed by atoms with Crippen LogP contribution in [-0.4, -0.2) is 40.0 Å². The standard InChI is InChI=1S/C9H14Cl2N2O2S2/c1-6(13(2)3)5-12-17(14,15)7-4-8(10)16-9(7)11/h4,6,12H,5H2,1-3H3/t6-/m0/s1. The van der Waals surface area contributed by atoms with Crippen molar-refractivity contribution in [3.8, 4) is 0 Å². The molecule has 0 fully saturated rings. The van der Waals surface area contributed by atoms with Gasteiger partial charge in [0.15, 0.2) is 0 Å². The molecule has 0 radical (unpaired) electrons. The van der Waals surface area contributed by atoms with E-state index in [-0.39, 0.29) is 15.3 Å². The summed E-state index contributed by atoms with van der Waals surface area (Å²) in [5.41, 5.74) is 0. The van der Waals surface area contributed by atoms with Crippen LogP contribution in [0.3, 0.4) is 0 Å². The lowest BCUT2D eigenvalue weighted by atomic mass is 10.3. The van der Waals surface area contributed by atoms with Gasteiger partial charge in [-0.1, -0.05) is 23.2 Å². The molecule has 98 valence electrons. The molecule has 1 atom stereocenters. The van der Waals surface area contributed by atoms with E-state index in [1.807, 2.05) is 25.9 Å². The molecule has 0 aliphatic rings. The van der Waals surface area contributed by atoms with Gasteiger partial charge in [-0.3, -0.25) is 0 Å². The van der Waals surface area contributed by atoms with E-state index in [4.69, 9.17) is 23.2 Å². The second-order valence-electron chi connectivity index (χ2n) is 3.85. The lowest BCUT2D eigenvalue weighted by Gasteiger charge is -2.19. The molecule has 0 bridgehead atoms. The van der Waals surface area contributed by atoms with Crippen molar-refractivity contribution in [2.45, 2.75) is 17.9 Å². The number of rotatable bonds is 5. The molecule has 0 saturated heterocycles. The van der Waals surface area contributed by atoms with Gasteiger partial charge in [0.2, 0.25) is 10.0 Å². The van der Waals surface area contributed by atoms with Crippen LogP contribution in [0.4, 0.5) is 0 Å². The zero-order valence-corrected chi connectivity index (χ0v) is 12.8. The molecular formula is C9H14Cl2N2O2S2. The molecule has 0 aromatic carbocycles. The number of hydrogen-bond acceptors (Lipinski definition) is 4. The molecule has 1 rings (SSSR count). The molecule has 1 aromatic heterocycles. The quantitative estimate of drug-likeness (QED) is 0.906. The fourth-order valence-electron chi connectivity index (χ4n) is 0.999. The summed E-state index contributed by atoms with van der Waals surface area (Å²) in [6, 6.07) is 1.45. The highest BCUT2D eigenvalue weighted by Gasteiger charge is 2.21. The molecule has 0 aliphatic carbocycles. The summed E-state index contributed by atoms with van der Waals surface area (Å²) in [7, 11) is 0.183. The summed E-state index contributed by atoms with van der Waals surface area (Å²) < 4.78 is 26.9. The zero-order chi connectivity index (χ0) is 13.2. The lowest BCUT2D eigenvalue weighted by Crippen LogP contribution is -2.38. The SMILES string of the molecule is C[C@@H](CNS(=O)(=O)c1cc(Cl)sc1Cl)N(C)C. The number of nitrogens with zero attached hydrogens (tertiary/aromatic N) is 1. The first-order valence-corrected chi connectivity index (χ1v) is 7.90. The molecule has 0 amide bonds. The van der Waals surface area contributed by atoms with E-state index in [9.17, 15) is 8.42 Å². The third-order valence-corrected chi connectivity index (χ3v) is 5.54. The average Bonchev–Trinajstić information content (AvgIpc) is 2.55. The monoisotopic (exact) mass is 316 g/mol. The summed E-state index contributed by atoms with van der Waals surface area (Å²) in [6.45, 7) is 2.24. The van der Waals surface area contributed by atoms with Gasteiger partial charge in [0.05, 0.1) is 4.34 Å². The van der Waals surface area contributed by atoms with Crippen molar-refractivity contribution in [1.29, 1.82) is 0 Å². The van der Waals surface area contributed by atoms with Gasteiger partial charge in [-0.25, -0.2) is 13.1 Å². The number of likely N-dealkylation sites (N-methyl/N-ethyl adjacent to an activating group) is 1. The number of nitrogens with one attached hydrogen (secondary N) is 1. The minimum Gasteiger partial charge on any atom is -0.305 e. The van der Waals surface area contributed by atoms with Crippen molar-refractivity contribution in [2.75, 3.05) is 20.6 Å². The summed E-state index contributed by atoms with van der Waals surface area (Å²) in [6.07, 6.45) is 0. The summed E-state index contributed by atoms with van der Waals surface area (Å²) in [5.74, 6) is 0. The van der Waals surface area contributed by atoms with E-state index in [1.165, 1.54) is 6.07 Å². The van der Waals surface area contributed by atoms with Crippen LogP contribution < -0.4 is 4.72 Å². The highest BCUT2D eigenvalue weighted by Crippen LogP contribution is 2.33. The molecule has 1 aromatic rings. The van der Waals surface area contributed by atoms with Crippen molar-refractivity contribution in [2.24, 2.45) is 0 Å². The van der Waals surface area contributed by atoms with Crippen LogP contribution in [0.5, 0.6) is 0 Å². The minimum absolute atomic E-state index is 0.0418. The van der Waals surface area contributed by atoms with E-state index in [0.717, 1.165) is 11.3 Å². The van der Waals surface area contributed by atoms with Crippen molar-refractivity contribution in [3.05, 3.63) is 14.7 Å². The number of thiophene rings is 1. The first kappa shape index (κ1) is 15.2. The third kappa shape index (κ3) is 4.08. The Morgan fingerprint density at radius 3 is 2.47 bits per heavy atom. The van der Waals surface area contributed by atoms with Gasteiger partial charge in [0.25, 0.3) is 0 Å². The highest BCUT2D eigenvalue weighted by atomic mass is 35.5. The maximum absolute atomic E-state index is 11.9. The first-order chi connectivity index (χ1) is 7.74. The van der Waals surface area contributed by atoms with Crippen LogP contribution >= 0.6 is 34.5 Å². The summed E-state index contributed by atoms with van der Waals surface area (Å²) >= 11 is 12.6. The Morgan fingerprint density at radius 2 is 2.06 bits per heavy atom. The van der Waals surface area contributed by atoms with Gasteiger partial charge in [0, 0.05) is 12.6 Å². The Balaban J connectivity index is 2.80. The zero-order valence-electron chi connectivity index (χ0n) is 9.70. The van der Waals surface area contributed by atoms with Crippen LogP contribution in [-0.2, 0) is 10.0 Å². The molecule has 0 spiro atoms. The van der Waals surface area contributed by atoms with E-state index < -0.39 is 10.0 Å². The third-order valence-electron chi connectivity index (χ3n) is 2.37. The Morgan fingerprint density at radius 1 is 1.47 bits per heavy atom. The van der Waals surface area contributed by atoms with Gasteiger partial charge < -0.3 is 4.90 Å². The number of hydrogen-bond donors (Lipinski definition) is 1. The molecule has 4 nitrogen and oxygen atoms in total. The largest absolute Gasteiger partial charge is 0.305 e. The molecule has 1 N–H and O–H groups in total. The molecule has 17 heavy (non-hydrogen) atoms. The Kier molecular flexibility index (Phi) is 5.24. The van der Waals surface area contributed by atoms with Crippen LogP contribution in [0.1, 0.15) is 6.92 Å². The smallest absolute Gasteiger partial charge is 0.243 e. The van der Waals surface area contributed by atoms with Gasteiger partial charge in [0.1, 0.15) is 9.23 Å². The second kappa shape index (κ2) is 5.86. The van der Waals surface area contributed by atoms with E-state index in [2.05, 4.69) is 4.72 Å². The van der Waals surface area contributed by atoms with Crippen LogP contribution in [0.2, 0.25) is 8.67 Å². The fourth-order valence-corrected chi connectivity index (χ4v) is 4.27. The summed E-state index contributed by atoms with van der Waals surface area (Å²) in [5, 5.41) is 0. The fraction of sp³-hybridized carbons (Fsp3) is 0.556.